The molecule has 4 rings (SSSR count). The highest BCUT2D eigenvalue weighted by Gasteiger charge is 2.45. The molecule has 0 aliphatic carbocycles. The zero-order valence-electron chi connectivity index (χ0n) is 59.5. The van der Waals surface area contributed by atoms with Gasteiger partial charge >= 0.3 is 15.6 Å². The molecule has 2 aromatic rings. The van der Waals surface area contributed by atoms with E-state index in [1.54, 1.807) is 0 Å². The summed E-state index contributed by atoms with van der Waals surface area (Å²) < 4.78 is 72.2. The lowest BCUT2D eigenvalue weighted by Gasteiger charge is -2.34. The van der Waals surface area contributed by atoms with Gasteiger partial charge in [-0.15, -0.1) is 0 Å². The van der Waals surface area contributed by atoms with Crippen LogP contribution in [0.1, 0.15) is 218 Å². The van der Waals surface area contributed by atoms with Crippen LogP contribution in [-0.2, 0) is 84.5 Å². The van der Waals surface area contributed by atoms with Crippen molar-refractivity contribution in [2.75, 3.05) is 105 Å². The van der Waals surface area contributed by atoms with Gasteiger partial charge in [0.25, 0.3) is 0 Å². The molecule has 3 unspecified atom stereocenters. The minimum absolute atomic E-state index is 0.00144. The number of anilines is 1. The van der Waals surface area contributed by atoms with Crippen molar-refractivity contribution in [3.8, 4) is 0 Å². The molecule has 4 amide bonds. The number of fused-ring (bicyclic) bond motifs is 1. The third-order valence-corrected chi connectivity index (χ3v) is 19.3. The summed E-state index contributed by atoms with van der Waals surface area (Å²) in [6.07, 6.45) is 12.6. The van der Waals surface area contributed by atoms with Gasteiger partial charge in [-0.1, -0.05) is 32.1 Å². The van der Waals surface area contributed by atoms with Crippen LogP contribution < -0.4 is 21.7 Å². The Balaban J connectivity index is 1.31. The number of phosphoric acid groups is 2. The first-order valence-corrected chi connectivity index (χ1v) is 39.2. The molecule has 4 heterocycles. The SMILES string of the molecule is COP(=O)(O)OC[C@H]1O[C@@H](n2cnc3c(N)ncnc32)C[C@@H]1OP(=O)(O)OC[C@@H]1C[C@@H](O)CN1C(=O)CCCCCCCCC(=O)NC(COCCC(=O)CCCCCC(=O)CCCCO)(COCCC(=O)CCCCNC(=O)CCCCO)COCCC(=O)NCCCCC(=O)CCCCO. The number of unbranched alkanes of at least 4 members (excludes halogenated alkanes) is 12. The lowest BCUT2D eigenvalue weighted by molar-refractivity contribution is -0.133. The van der Waals surface area contributed by atoms with Gasteiger partial charge in [-0.25, -0.2) is 24.1 Å². The maximum Gasteiger partial charge on any atom is 0.472 e. The van der Waals surface area contributed by atoms with Crippen LogP contribution in [0.25, 0.3) is 11.2 Å². The highest BCUT2D eigenvalue weighted by Crippen LogP contribution is 2.50. The first-order valence-electron chi connectivity index (χ1n) is 36.2. The van der Waals surface area contributed by atoms with Gasteiger partial charge in [-0.3, -0.25) is 61.0 Å². The first kappa shape index (κ1) is 89.2. The van der Waals surface area contributed by atoms with Crippen molar-refractivity contribution in [2.24, 2.45) is 0 Å². The second-order valence-electron chi connectivity index (χ2n) is 26.1. The minimum Gasteiger partial charge on any atom is -0.396 e. The van der Waals surface area contributed by atoms with Crippen molar-refractivity contribution >= 4 is 79.4 Å². The summed E-state index contributed by atoms with van der Waals surface area (Å²) in [6.45, 7) is -0.756. The number of β-amino-alcohol motifs (C(OH)–C–C–N with tert-alkyl or cyclic N) is 1. The molecule has 0 radical (unpaired) electrons. The molecule has 2 fully saturated rings. The summed E-state index contributed by atoms with van der Waals surface area (Å²) in [7, 11) is -8.51. The van der Waals surface area contributed by atoms with Gasteiger partial charge in [0.2, 0.25) is 23.6 Å². The van der Waals surface area contributed by atoms with Crippen molar-refractivity contribution in [3.05, 3.63) is 12.7 Å². The predicted octanol–water partition coefficient (Wildman–Crippen LogP) is 5.41. The van der Waals surface area contributed by atoms with Crippen molar-refractivity contribution in [2.45, 2.75) is 248 Å². The third-order valence-electron chi connectivity index (χ3n) is 17.4. The van der Waals surface area contributed by atoms with E-state index in [0.29, 0.717) is 161 Å². The lowest BCUT2D eigenvalue weighted by Crippen LogP contribution is -2.58. The Morgan fingerprint density at radius 2 is 1.03 bits per heavy atom. The molecule has 2 aromatic heterocycles. The molecule has 11 N–H and O–H groups in total. The Labute approximate surface area is 598 Å². The van der Waals surface area contributed by atoms with E-state index < -0.39 is 65.0 Å². The molecule has 102 heavy (non-hydrogen) atoms. The topological polar surface area (TPSA) is 475 Å². The van der Waals surface area contributed by atoms with Gasteiger partial charge in [0, 0.05) is 130 Å². The van der Waals surface area contributed by atoms with Crippen molar-refractivity contribution in [1.82, 2.24) is 40.4 Å². The number of nitrogens with one attached hydrogen (secondary N) is 3. The Morgan fingerprint density at radius 1 is 0.569 bits per heavy atom. The van der Waals surface area contributed by atoms with E-state index >= 15 is 0 Å². The number of ether oxygens (including phenoxy) is 4. The average molecular weight is 1490 g/mol. The van der Waals surface area contributed by atoms with Crippen LogP contribution in [0.2, 0.25) is 0 Å². The van der Waals surface area contributed by atoms with Gasteiger partial charge in [0.15, 0.2) is 11.5 Å². The summed E-state index contributed by atoms with van der Waals surface area (Å²) in [5.74, 6) is -0.810. The summed E-state index contributed by atoms with van der Waals surface area (Å²) in [5.41, 5.74) is 5.16. The van der Waals surface area contributed by atoms with Gasteiger partial charge in [0.1, 0.15) is 59.0 Å². The number of imidazole rings is 1. The van der Waals surface area contributed by atoms with Crippen LogP contribution >= 0.6 is 15.6 Å². The van der Waals surface area contributed by atoms with E-state index in [-0.39, 0.29) is 181 Å². The maximum absolute atomic E-state index is 14.0. The molecule has 0 aromatic carbocycles. The number of amides is 4. The van der Waals surface area contributed by atoms with E-state index in [2.05, 4.69) is 35.4 Å². The lowest BCUT2D eigenvalue weighted by atomic mass is 10.0. The number of nitrogens with two attached hydrogens (primary N) is 1. The van der Waals surface area contributed by atoms with Gasteiger partial charge in [-0.05, 0) is 96.3 Å². The molecule has 2 saturated heterocycles. The number of carbonyl (C=O) groups excluding carboxylic acids is 8. The van der Waals surface area contributed by atoms with E-state index in [0.717, 1.165) is 20.0 Å². The molecule has 35 heteroatoms. The first-order chi connectivity index (χ1) is 49.0. The second kappa shape index (κ2) is 51.1. The molecular weight excluding hydrogens is 1380 g/mol. The fourth-order valence-corrected chi connectivity index (χ4v) is 13.1. The molecule has 0 saturated carbocycles. The van der Waals surface area contributed by atoms with Crippen LogP contribution in [0.4, 0.5) is 5.82 Å². The number of carbonyl (C=O) groups is 8. The molecule has 0 bridgehead atoms. The highest BCUT2D eigenvalue weighted by atomic mass is 31.2. The Morgan fingerprint density at radius 3 is 1.59 bits per heavy atom. The zero-order chi connectivity index (χ0) is 74.4. The summed E-state index contributed by atoms with van der Waals surface area (Å²) >= 11 is 0. The molecule has 2 aliphatic heterocycles. The number of phosphoric ester groups is 2. The molecule has 582 valence electrons. The number of nitrogens with zero attached hydrogens (tertiary/aromatic N) is 5. The Bertz CT molecular complexity index is 2790. The van der Waals surface area contributed by atoms with Crippen molar-refractivity contribution in [3.63, 3.8) is 0 Å². The molecule has 0 spiro atoms. The zero-order valence-corrected chi connectivity index (χ0v) is 61.3. The monoisotopic (exact) mass is 1490 g/mol. The number of aliphatic hydroxyl groups excluding tert-OH is 4. The van der Waals surface area contributed by atoms with E-state index in [9.17, 15) is 62.4 Å². The van der Waals surface area contributed by atoms with E-state index in [4.69, 9.17) is 53.6 Å². The van der Waals surface area contributed by atoms with Crippen molar-refractivity contribution < 1.29 is 115 Å². The second-order valence-corrected chi connectivity index (χ2v) is 29.1. The fourth-order valence-electron chi connectivity index (χ4n) is 11.6. The van der Waals surface area contributed by atoms with Crippen LogP contribution in [0, 0.1) is 0 Å². The standard InChI is InChI=1S/C67H115N9O24P2/c1-93-101(89,90)98-45-58-57(42-63(99-58)76-50-73-64-65(68)71-49-72-66(64)76)100-102(91,92)97-44-51-41-56(84)43-75(51)62(88)29-10-5-3-2-4-9-28-61(87)74-67(46-94-38-30-54(82)22-8-6-7-21-52(80)25-13-18-35-77,47-95-39-31-55(83)24-12-17-33-69-59(85)27-15-20-37-79)48-96-40-32-60(86)70-34-16-11-23-53(81)26-14-19-36-78/h49-51,56-58,63,77-79,84H,2-48H2,1H3,(H,69,85)(H,70,86)(H,74,87)(H,89,90)(H,91,92)(H2,68,71,72)/t51-,56+,57-,58+,63+,67?/m0/s1. The minimum atomic E-state index is -4.95. The number of hydrogen-bond donors (Lipinski definition) is 10. The number of likely N-dealkylation sites (tertiary alicyclic amines) is 1. The average Bonchev–Trinajstić information content (AvgIpc) is 1.63. The number of aliphatic hydroxyl groups is 4. The van der Waals surface area contributed by atoms with E-state index in [1.165, 1.54) is 22.1 Å². The predicted molar refractivity (Wildman–Crippen MR) is 372 cm³/mol. The summed E-state index contributed by atoms with van der Waals surface area (Å²) in [6, 6.07) is -0.782. The van der Waals surface area contributed by atoms with Crippen LogP contribution in [-0.4, -0.2) is 231 Å². The fraction of sp³-hybridized carbons (Fsp3) is 0.806. The smallest absolute Gasteiger partial charge is 0.396 e. The van der Waals surface area contributed by atoms with Gasteiger partial charge < -0.3 is 75.7 Å². The van der Waals surface area contributed by atoms with Crippen molar-refractivity contribution in [1.29, 1.82) is 0 Å². The van der Waals surface area contributed by atoms with E-state index in [1.807, 2.05) is 0 Å². The third kappa shape index (κ3) is 37.7. The normalized spacial score (nSPS) is 18.6. The molecule has 33 nitrogen and oxygen atoms in total. The Kier molecular flexibility index (Phi) is 44.7. The summed E-state index contributed by atoms with van der Waals surface area (Å²) in [4.78, 5) is 137. The number of hydrogen-bond acceptors (Lipinski definition) is 26. The van der Waals surface area contributed by atoms with Gasteiger partial charge in [-0.2, -0.15) is 0 Å². The highest BCUT2D eigenvalue weighted by molar-refractivity contribution is 7.47. The van der Waals surface area contributed by atoms with Crippen LogP contribution in [0.15, 0.2) is 12.7 Å². The molecule has 8 atom stereocenters. The maximum atomic E-state index is 14.0. The molecule has 2 aliphatic rings. The number of aromatic nitrogens is 4. The number of rotatable bonds is 63. The number of nitrogen functional groups attached to an aromatic ring is 1. The number of Topliss-reactive ketones (excluding diaryl/α,β-unsaturated/α-hetero) is 4. The van der Waals surface area contributed by atoms with Gasteiger partial charge in [0.05, 0.1) is 71.3 Å². The Hall–Kier alpha value is -5.19. The number of ketones is 4. The molecular formula is C67H115N9O24P2. The van der Waals surface area contributed by atoms with Crippen LogP contribution in [0.3, 0.4) is 0 Å². The quantitative estimate of drug-likeness (QED) is 0.0292. The van der Waals surface area contributed by atoms with Crippen LogP contribution in [0.5, 0.6) is 0 Å². The largest absolute Gasteiger partial charge is 0.472 e. The summed E-state index contributed by atoms with van der Waals surface area (Å²) in [5, 5.41) is 46.3.